The maximum absolute atomic E-state index is 12.7. The topological polar surface area (TPSA) is 55.6 Å². The minimum absolute atomic E-state index is 0.0245. The van der Waals surface area contributed by atoms with Crippen LogP contribution in [0.25, 0.3) is 11.4 Å². The third kappa shape index (κ3) is 2.24. The Kier molecular flexibility index (Phi) is 3.56. The van der Waals surface area contributed by atoms with Crippen molar-refractivity contribution in [3.63, 3.8) is 0 Å². The highest BCUT2D eigenvalue weighted by Crippen LogP contribution is 2.27. The first-order valence-electron chi connectivity index (χ1n) is 7.01. The average molecular weight is 290 g/mol. The molecule has 2 aromatic rings. The first kappa shape index (κ1) is 13.3. The van der Waals surface area contributed by atoms with Crippen molar-refractivity contribution in [3.05, 3.63) is 33.5 Å². The van der Waals surface area contributed by atoms with Gasteiger partial charge in [-0.05, 0) is 37.2 Å². The average Bonchev–Trinajstić information content (AvgIpc) is 2.80. The first-order chi connectivity index (χ1) is 9.68. The van der Waals surface area contributed by atoms with Gasteiger partial charge < -0.3 is 9.13 Å². The third-order valence-corrected chi connectivity index (χ3v) is 4.43. The molecule has 1 N–H and O–H groups in total. The highest BCUT2D eigenvalue weighted by atomic mass is 32.1. The van der Waals surface area contributed by atoms with Crippen LogP contribution < -0.4 is 5.56 Å². The third-order valence-electron chi connectivity index (χ3n) is 4.06. The molecule has 2 heterocycles. The molecule has 0 bridgehead atoms. The van der Waals surface area contributed by atoms with Gasteiger partial charge in [0, 0.05) is 19.3 Å². The number of hydrogen-bond acceptors (Lipinski definition) is 3. The van der Waals surface area contributed by atoms with Crippen LogP contribution in [0.5, 0.6) is 0 Å². The van der Waals surface area contributed by atoms with Crippen LogP contribution in [-0.2, 0) is 7.05 Å². The minimum atomic E-state index is 0.0245. The van der Waals surface area contributed by atoms with Crippen molar-refractivity contribution >= 4 is 12.2 Å². The van der Waals surface area contributed by atoms with Gasteiger partial charge in [0.15, 0.2) is 10.6 Å². The van der Waals surface area contributed by atoms with Gasteiger partial charge in [-0.3, -0.25) is 9.89 Å². The predicted molar refractivity (Wildman–Crippen MR) is 80.2 cm³/mol. The SMILES string of the molecule is Cn1c(-c2cccn(C3CCCCC3)c2=O)n[nH]c1=S. The molecule has 6 heteroatoms. The van der Waals surface area contributed by atoms with E-state index >= 15 is 0 Å². The monoisotopic (exact) mass is 290 g/mol. The molecule has 1 fully saturated rings. The molecule has 0 aromatic carbocycles. The molecular weight excluding hydrogens is 272 g/mol. The fourth-order valence-corrected chi connectivity index (χ4v) is 3.05. The molecule has 0 spiro atoms. The summed E-state index contributed by atoms with van der Waals surface area (Å²) in [5.41, 5.74) is 0.629. The molecule has 20 heavy (non-hydrogen) atoms. The van der Waals surface area contributed by atoms with Crippen molar-refractivity contribution in [2.45, 2.75) is 38.1 Å². The lowest BCUT2D eigenvalue weighted by molar-refractivity contribution is 0.346. The van der Waals surface area contributed by atoms with Crippen molar-refractivity contribution in [1.82, 2.24) is 19.3 Å². The lowest BCUT2D eigenvalue weighted by Gasteiger charge is -2.24. The summed E-state index contributed by atoms with van der Waals surface area (Å²) in [5.74, 6) is 0.602. The largest absolute Gasteiger partial charge is 0.312 e. The van der Waals surface area contributed by atoms with Crippen LogP contribution in [0, 0.1) is 4.77 Å². The van der Waals surface area contributed by atoms with Gasteiger partial charge in [-0.15, -0.1) is 0 Å². The van der Waals surface area contributed by atoms with Crippen LogP contribution >= 0.6 is 12.2 Å². The number of H-pyrrole nitrogens is 1. The van der Waals surface area contributed by atoms with E-state index < -0.39 is 0 Å². The summed E-state index contributed by atoms with van der Waals surface area (Å²) >= 11 is 5.11. The van der Waals surface area contributed by atoms with E-state index in [4.69, 9.17) is 12.2 Å². The van der Waals surface area contributed by atoms with Crippen molar-refractivity contribution in [3.8, 4) is 11.4 Å². The summed E-state index contributed by atoms with van der Waals surface area (Å²) in [5, 5.41) is 6.89. The molecule has 5 nitrogen and oxygen atoms in total. The van der Waals surface area contributed by atoms with Crippen molar-refractivity contribution in [2.75, 3.05) is 0 Å². The fraction of sp³-hybridized carbons (Fsp3) is 0.500. The Morgan fingerprint density at radius 3 is 2.75 bits per heavy atom. The van der Waals surface area contributed by atoms with Crippen LogP contribution in [0.1, 0.15) is 38.1 Å². The number of nitrogens with one attached hydrogen (secondary N) is 1. The number of rotatable bonds is 2. The number of aromatic nitrogens is 4. The molecule has 0 aliphatic heterocycles. The van der Waals surface area contributed by atoms with Crippen molar-refractivity contribution in [1.29, 1.82) is 0 Å². The summed E-state index contributed by atoms with van der Waals surface area (Å²) in [6.07, 6.45) is 7.74. The van der Waals surface area contributed by atoms with E-state index in [9.17, 15) is 4.79 Å². The molecule has 1 aliphatic carbocycles. The zero-order chi connectivity index (χ0) is 14.1. The molecular formula is C14H18N4OS. The zero-order valence-electron chi connectivity index (χ0n) is 11.5. The Morgan fingerprint density at radius 2 is 2.10 bits per heavy atom. The molecule has 0 unspecified atom stereocenters. The molecule has 0 amide bonds. The van der Waals surface area contributed by atoms with Gasteiger partial charge in [0.1, 0.15) is 0 Å². The molecule has 0 atom stereocenters. The summed E-state index contributed by atoms with van der Waals surface area (Å²) in [6.45, 7) is 0. The Hall–Kier alpha value is -1.69. The van der Waals surface area contributed by atoms with Gasteiger partial charge in [-0.2, -0.15) is 5.10 Å². The van der Waals surface area contributed by atoms with E-state index in [-0.39, 0.29) is 5.56 Å². The van der Waals surface area contributed by atoms with Crippen LogP contribution in [0.2, 0.25) is 0 Å². The molecule has 106 valence electrons. The summed E-state index contributed by atoms with van der Waals surface area (Å²) in [6, 6.07) is 4.05. The van der Waals surface area contributed by atoms with Gasteiger partial charge in [0.05, 0.1) is 5.56 Å². The van der Waals surface area contributed by atoms with E-state index in [0.29, 0.717) is 22.2 Å². The van der Waals surface area contributed by atoms with Gasteiger partial charge in [-0.1, -0.05) is 19.3 Å². The molecule has 0 saturated heterocycles. The molecule has 0 radical (unpaired) electrons. The summed E-state index contributed by atoms with van der Waals surface area (Å²) in [7, 11) is 1.82. The van der Waals surface area contributed by atoms with E-state index in [1.165, 1.54) is 19.3 Å². The highest BCUT2D eigenvalue weighted by molar-refractivity contribution is 7.71. The minimum Gasteiger partial charge on any atom is -0.312 e. The Labute approximate surface area is 122 Å². The molecule has 1 saturated carbocycles. The number of hydrogen-bond donors (Lipinski definition) is 1. The molecule has 1 aliphatic rings. The van der Waals surface area contributed by atoms with Gasteiger partial charge in [-0.25, -0.2) is 0 Å². The second-order valence-electron chi connectivity index (χ2n) is 5.34. The highest BCUT2D eigenvalue weighted by Gasteiger charge is 2.19. The number of aromatic amines is 1. The first-order valence-corrected chi connectivity index (χ1v) is 7.42. The van der Waals surface area contributed by atoms with Gasteiger partial charge >= 0.3 is 0 Å². The normalized spacial score (nSPS) is 16.4. The fourth-order valence-electron chi connectivity index (χ4n) is 2.91. The van der Waals surface area contributed by atoms with Crippen LogP contribution in [0.4, 0.5) is 0 Å². The van der Waals surface area contributed by atoms with Crippen LogP contribution in [0.15, 0.2) is 23.1 Å². The Morgan fingerprint density at radius 1 is 1.35 bits per heavy atom. The molecule has 3 rings (SSSR count). The Balaban J connectivity index is 2.07. The second-order valence-corrected chi connectivity index (χ2v) is 5.72. The van der Waals surface area contributed by atoms with E-state index in [2.05, 4.69) is 10.2 Å². The van der Waals surface area contributed by atoms with Crippen molar-refractivity contribution < 1.29 is 0 Å². The number of pyridine rings is 1. The predicted octanol–water partition coefficient (Wildman–Crippen LogP) is 2.81. The lowest BCUT2D eigenvalue weighted by Crippen LogP contribution is -2.27. The maximum Gasteiger partial charge on any atom is 0.261 e. The quantitative estimate of drug-likeness (QED) is 0.865. The smallest absolute Gasteiger partial charge is 0.261 e. The summed E-state index contributed by atoms with van der Waals surface area (Å²) in [4.78, 5) is 12.7. The Bertz CT molecular complexity index is 721. The number of nitrogens with zero attached hydrogens (tertiary/aromatic N) is 3. The van der Waals surface area contributed by atoms with Crippen LogP contribution in [0.3, 0.4) is 0 Å². The van der Waals surface area contributed by atoms with Crippen LogP contribution in [-0.4, -0.2) is 19.3 Å². The standard InChI is InChI=1S/C14H18N4OS/c1-17-12(15-16-14(17)20)11-8-5-9-18(13(11)19)10-6-3-2-4-7-10/h5,8-10H,2-4,6-7H2,1H3,(H,16,20). The van der Waals surface area contributed by atoms with E-state index in [0.717, 1.165) is 12.8 Å². The van der Waals surface area contributed by atoms with Gasteiger partial charge in [0.2, 0.25) is 0 Å². The van der Waals surface area contributed by atoms with E-state index in [1.54, 1.807) is 4.57 Å². The van der Waals surface area contributed by atoms with E-state index in [1.807, 2.05) is 29.9 Å². The van der Waals surface area contributed by atoms with Gasteiger partial charge in [0.25, 0.3) is 5.56 Å². The lowest BCUT2D eigenvalue weighted by atomic mass is 9.95. The molecule has 2 aromatic heterocycles. The second kappa shape index (κ2) is 5.36. The summed E-state index contributed by atoms with van der Waals surface area (Å²) < 4.78 is 4.12. The van der Waals surface area contributed by atoms with Crippen molar-refractivity contribution in [2.24, 2.45) is 7.05 Å². The zero-order valence-corrected chi connectivity index (χ0v) is 12.3. The maximum atomic E-state index is 12.7.